The van der Waals surface area contributed by atoms with E-state index in [-0.39, 0.29) is 0 Å². The van der Waals surface area contributed by atoms with Crippen molar-refractivity contribution < 1.29 is 14.0 Å². The van der Waals surface area contributed by atoms with Crippen molar-refractivity contribution in [3.8, 4) is 5.75 Å². The Kier molecular flexibility index (Phi) is 7.41. The predicted octanol–water partition coefficient (Wildman–Crippen LogP) is 5.64. The highest BCUT2D eigenvalue weighted by molar-refractivity contribution is 6.37. The molecule has 0 bridgehead atoms. The van der Waals surface area contributed by atoms with E-state index in [0.29, 0.717) is 41.5 Å². The molecule has 5 nitrogen and oxygen atoms in total. The molecule has 0 aliphatic carbocycles. The number of rotatable bonds is 10. The van der Waals surface area contributed by atoms with Crippen LogP contribution in [0.5, 0.6) is 5.75 Å². The summed E-state index contributed by atoms with van der Waals surface area (Å²) in [6.45, 7) is 3.80. The summed E-state index contributed by atoms with van der Waals surface area (Å²) < 4.78 is 16.5. The molecule has 0 atom stereocenters. The molecule has 1 aromatic heterocycles. The van der Waals surface area contributed by atoms with E-state index in [1.165, 1.54) is 0 Å². The summed E-state index contributed by atoms with van der Waals surface area (Å²) in [5, 5.41) is 4.87. The van der Waals surface area contributed by atoms with Gasteiger partial charge in [0, 0.05) is 18.1 Å². The zero-order chi connectivity index (χ0) is 19.1. The summed E-state index contributed by atoms with van der Waals surface area (Å²) in [5.41, 5.74) is 1.73. The Morgan fingerprint density at radius 3 is 2.44 bits per heavy atom. The average Bonchev–Trinajstić information content (AvgIpc) is 3.31. The summed E-state index contributed by atoms with van der Waals surface area (Å²) in [4.78, 5) is 4.28. The molecule has 1 aromatic carbocycles. The van der Waals surface area contributed by atoms with Gasteiger partial charge in [0.15, 0.2) is 5.75 Å². The molecule has 3 rings (SSSR count). The third-order valence-electron chi connectivity index (χ3n) is 4.32. The number of hydrogen-bond acceptors (Lipinski definition) is 5. The molecule has 1 aliphatic heterocycles. The Morgan fingerprint density at radius 2 is 1.78 bits per heavy atom. The number of aliphatic imine (C=N–C) groups is 1. The number of nitrogens with zero attached hydrogens (tertiary/aromatic N) is 2. The smallest absolute Gasteiger partial charge is 0.216 e. The number of aryl methyl sites for hydroxylation is 2. The quantitative estimate of drug-likeness (QED) is 0.475. The molecule has 7 heteroatoms. The van der Waals surface area contributed by atoms with Crippen LogP contribution in [0.3, 0.4) is 0 Å². The van der Waals surface area contributed by atoms with Crippen molar-refractivity contribution in [3.63, 3.8) is 0 Å². The molecular weight excluding hydrogens is 387 g/mol. The second-order valence-electron chi connectivity index (χ2n) is 6.61. The van der Waals surface area contributed by atoms with Gasteiger partial charge >= 0.3 is 0 Å². The van der Waals surface area contributed by atoms with Crippen molar-refractivity contribution in [2.24, 2.45) is 4.99 Å². The fourth-order valence-corrected chi connectivity index (χ4v) is 3.57. The Labute approximate surface area is 169 Å². The molecule has 146 valence electrons. The first-order valence-electron chi connectivity index (χ1n) is 9.35. The normalized spacial score (nSPS) is 13.5. The number of halogens is 2. The van der Waals surface area contributed by atoms with Gasteiger partial charge in [-0.25, -0.2) is 4.99 Å². The van der Waals surface area contributed by atoms with Crippen molar-refractivity contribution in [2.75, 3.05) is 19.8 Å². The highest BCUT2D eigenvalue weighted by Crippen LogP contribution is 2.35. The fraction of sp³-hybridized carbons (Fsp3) is 0.500. The van der Waals surface area contributed by atoms with Crippen molar-refractivity contribution in [1.82, 2.24) is 5.16 Å². The van der Waals surface area contributed by atoms with Crippen LogP contribution in [0, 0.1) is 6.92 Å². The number of hydrogen-bond donors (Lipinski definition) is 0. The maximum atomic E-state index is 6.32. The van der Waals surface area contributed by atoms with Crippen LogP contribution in [-0.4, -0.2) is 30.8 Å². The van der Waals surface area contributed by atoms with Crippen molar-refractivity contribution in [2.45, 2.75) is 45.4 Å². The molecule has 1 aliphatic rings. The van der Waals surface area contributed by atoms with Crippen LogP contribution in [0.4, 0.5) is 0 Å². The predicted molar refractivity (Wildman–Crippen MR) is 107 cm³/mol. The van der Waals surface area contributed by atoms with E-state index in [4.69, 9.17) is 37.2 Å². The van der Waals surface area contributed by atoms with Crippen molar-refractivity contribution in [3.05, 3.63) is 45.3 Å². The third-order valence-corrected chi connectivity index (χ3v) is 4.88. The monoisotopic (exact) mass is 410 g/mol. The summed E-state index contributed by atoms with van der Waals surface area (Å²) in [5.74, 6) is 2.09. The lowest BCUT2D eigenvalue weighted by Crippen LogP contribution is -2.03. The van der Waals surface area contributed by atoms with Gasteiger partial charge in [0.05, 0.1) is 28.9 Å². The minimum atomic E-state index is 0.484. The zero-order valence-corrected chi connectivity index (χ0v) is 17.0. The van der Waals surface area contributed by atoms with Gasteiger partial charge in [-0.05, 0) is 31.9 Å². The lowest BCUT2D eigenvalue weighted by Gasteiger charge is -2.12. The molecule has 2 heterocycles. The van der Waals surface area contributed by atoms with Gasteiger partial charge in [-0.1, -0.05) is 47.6 Å². The van der Waals surface area contributed by atoms with Crippen LogP contribution in [0.1, 0.15) is 49.1 Å². The summed E-state index contributed by atoms with van der Waals surface area (Å²) in [6.07, 6.45) is 6.45. The minimum absolute atomic E-state index is 0.484. The van der Waals surface area contributed by atoms with Gasteiger partial charge < -0.3 is 14.0 Å². The molecule has 27 heavy (non-hydrogen) atoms. The lowest BCUT2D eigenvalue weighted by atomic mass is 10.1. The van der Waals surface area contributed by atoms with Gasteiger partial charge in [0.25, 0.3) is 0 Å². The van der Waals surface area contributed by atoms with Crippen LogP contribution in [0.15, 0.2) is 27.7 Å². The molecule has 0 N–H and O–H groups in total. The van der Waals surface area contributed by atoms with Gasteiger partial charge in [0.2, 0.25) is 5.90 Å². The second-order valence-corrected chi connectivity index (χ2v) is 7.42. The fourth-order valence-electron chi connectivity index (χ4n) is 2.97. The van der Waals surface area contributed by atoms with Gasteiger partial charge in [-0.15, -0.1) is 0 Å². The highest BCUT2D eigenvalue weighted by Gasteiger charge is 2.16. The average molecular weight is 411 g/mol. The van der Waals surface area contributed by atoms with Crippen LogP contribution in [-0.2, 0) is 11.2 Å². The van der Waals surface area contributed by atoms with E-state index >= 15 is 0 Å². The topological polar surface area (TPSA) is 56.9 Å². The van der Waals surface area contributed by atoms with Gasteiger partial charge in [0.1, 0.15) is 12.4 Å². The Bertz CT molecular complexity index is 766. The molecule has 0 unspecified atom stereocenters. The molecule has 0 saturated heterocycles. The van der Waals surface area contributed by atoms with Crippen molar-refractivity contribution >= 4 is 29.1 Å². The van der Waals surface area contributed by atoms with E-state index in [1.54, 1.807) is 12.1 Å². The number of aromatic nitrogens is 1. The Hall–Kier alpha value is -1.72. The number of ether oxygens (including phenoxy) is 2. The van der Waals surface area contributed by atoms with E-state index < -0.39 is 0 Å². The first kappa shape index (κ1) is 20.0. The summed E-state index contributed by atoms with van der Waals surface area (Å²) in [6, 6.07) is 5.58. The molecule has 0 amide bonds. The largest absolute Gasteiger partial charge is 0.490 e. The van der Waals surface area contributed by atoms with Gasteiger partial charge in [-0.3, -0.25) is 0 Å². The standard InChI is InChI=1S/C20H24Cl2N2O3/c1-14-11-16(27-24-14)7-5-3-2-4-6-9-25-19-17(21)12-15(13-18(19)22)20-23-8-10-26-20/h11-13H,2-10H2,1H3. The SMILES string of the molecule is Cc1cc(CCCCCCCOc2c(Cl)cc(C3=NCCO3)cc2Cl)on1. The van der Waals surface area contributed by atoms with Gasteiger partial charge in [-0.2, -0.15) is 0 Å². The maximum absolute atomic E-state index is 6.32. The first-order chi connectivity index (χ1) is 13.1. The third kappa shape index (κ3) is 5.88. The molecule has 0 fully saturated rings. The van der Waals surface area contributed by atoms with E-state index in [0.717, 1.165) is 55.5 Å². The zero-order valence-electron chi connectivity index (χ0n) is 15.5. The van der Waals surface area contributed by atoms with E-state index in [1.807, 2.05) is 13.0 Å². The molecule has 0 spiro atoms. The molecule has 0 radical (unpaired) electrons. The lowest BCUT2D eigenvalue weighted by molar-refractivity contribution is 0.304. The highest BCUT2D eigenvalue weighted by atomic mass is 35.5. The van der Waals surface area contributed by atoms with Crippen LogP contribution in [0.2, 0.25) is 10.0 Å². The minimum Gasteiger partial charge on any atom is -0.490 e. The summed E-state index contributed by atoms with van der Waals surface area (Å²) >= 11 is 12.6. The van der Waals surface area contributed by atoms with Crippen LogP contribution in [0.25, 0.3) is 0 Å². The second kappa shape index (κ2) is 10.00. The van der Waals surface area contributed by atoms with E-state index in [9.17, 15) is 0 Å². The first-order valence-corrected chi connectivity index (χ1v) is 10.1. The van der Waals surface area contributed by atoms with Crippen LogP contribution < -0.4 is 4.74 Å². The van der Waals surface area contributed by atoms with Crippen molar-refractivity contribution in [1.29, 1.82) is 0 Å². The van der Waals surface area contributed by atoms with Crippen LogP contribution >= 0.6 is 23.2 Å². The maximum Gasteiger partial charge on any atom is 0.216 e. The van der Waals surface area contributed by atoms with E-state index in [2.05, 4.69) is 10.1 Å². The molecule has 2 aromatic rings. The Balaban J connectivity index is 1.34. The number of benzene rings is 1. The number of unbranched alkanes of at least 4 members (excludes halogenated alkanes) is 4. The Morgan fingerprint density at radius 1 is 1.04 bits per heavy atom. The summed E-state index contributed by atoms with van der Waals surface area (Å²) in [7, 11) is 0. The molecular formula is C20H24Cl2N2O3. The molecule has 0 saturated carbocycles.